The third-order valence-electron chi connectivity index (χ3n) is 2.32. The molecular formula is C11H10NO2-. The molecule has 72 valence electrons. The molecule has 2 rings (SSSR count). The molecule has 3 heteroatoms. The van der Waals surface area contributed by atoms with Crippen LogP contribution in [0.4, 0.5) is 5.69 Å². The molecule has 0 saturated heterocycles. The van der Waals surface area contributed by atoms with Crippen molar-refractivity contribution in [3.05, 3.63) is 41.8 Å². The molecule has 1 N–H and O–H groups in total. The fourth-order valence-corrected chi connectivity index (χ4v) is 1.38. The zero-order valence-electron chi connectivity index (χ0n) is 7.78. The third kappa shape index (κ3) is 1.27. The number of carbonyl (C=O) groups excluding carboxylic acids is 1. The summed E-state index contributed by atoms with van der Waals surface area (Å²) in [6.07, 6.45) is 0. The highest BCUT2D eigenvalue weighted by Gasteiger charge is 2.29. The van der Waals surface area contributed by atoms with Gasteiger partial charge in [-0.15, -0.1) is 0 Å². The van der Waals surface area contributed by atoms with E-state index in [4.69, 9.17) is 0 Å². The SMILES string of the molecule is CC1C(=O)C(Nc2ccccc2)=C1[O-]. The first-order valence-electron chi connectivity index (χ1n) is 4.47. The van der Waals surface area contributed by atoms with Crippen LogP contribution >= 0.6 is 0 Å². The minimum atomic E-state index is -0.457. The first kappa shape index (κ1) is 8.81. The van der Waals surface area contributed by atoms with Crippen LogP contribution in [0.15, 0.2) is 41.8 Å². The van der Waals surface area contributed by atoms with Crippen molar-refractivity contribution in [2.75, 3.05) is 5.32 Å². The van der Waals surface area contributed by atoms with Gasteiger partial charge in [-0.25, -0.2) is 0 Å². The Bertz CT molecular complexity index is 395. The van der Waals surface area contributed by atoms with Crippen LogP contribution in [0.1, 0.15) is 6.92 Å². The van der Waals surface area contributed by atoms with Gasteiger partial charge in [0.25, 0.3) is 0 Å². The lowest BCUT2D eigenvalue weighted by Gasteiger charge is -2.34. The lowest BCUT2D eigenvalue weighted by molar-refractivity contribution is -0.317. The number of Topliss-reactive ketones (excluding diaryl/α,β-unsaturated/α-hetero) is 1. The van der Waals surface area contributed by atoms with Crippen molar-refractivity contribution in [1.82, 2.24) is 0 Å². The molecule has 1 aromatic carbocycles. The van der Waals surface area contributed by atoms with E-state index in [9.17, 15) is 9.90 Å². The molecule has 1 aliphatic rings. The quantitative estimate of drug-likeness (QED) is 0.749. The highest BCUT2D eigenvalue weighted by atomic mass is 16.3. The van der Waals surface area contributed by atoms with E-state index < -0.39 is 5.92 Å². The topological polar surface area (TPSA) is 52.2 Å². The standard InChI is InChI=1S/C11H11NO2/c1-7-10(13)9(11(7)14)12-8-5-3-2-4-6-8/h2-7,12-13H,1H3/p-1. The lowest BCUT2D eigenvalue weighted by Crippen LogP contribution is -2.39. The van der Waals surface area contributed by atoms with Crippen molar-refractivity contribution >= 4 is 11.5 Å². The summed E-state index contributed by atoms with van der Waals surface area (Å²) in [5.74, 6) is -0.654. The van der Waals surface area contributed by atoms with E-state index >= 15 is 0 Å². The monoisotopic (exact) mass is 188 g/mol. The third-order valence-corrected chi connectivity index (χ3v) is 2.32. The van der Waals surface area contributed by atoms with Crippen molar-refractivity contribution < 1.29 is 9.90 Å². The van der Waals surface area contributed by atoms with Crippen LogP contribution in [0.5, 0.6) is 0 Å². The second-order valence-corrected chi connectivity index (χ2v) is 3.32. The van der Waals surface area contributed by atoms with Gasteiger partial charge >= 0.3 is 0 Å². The lowest BCUT2D eigenvalue weighted by atomic mass is 9.88. The van der Waals surface area contributed by atoms with Gasteiger partial charge in [0, 0.05) is 11.6 Å². The van der Waals surface area contributed by atoms with Gasteiger partial charge in [-0.3, -0.25) is 4.79 Å². The van der Waals surface area contributed by atoms with E-state index in [0.29, 0.717) is 0 Å². The molecular weight excluding hydrogens is 178 g/mol. The average Bonchev–Trinajstić information content (AvgIpc) is 2.26. The van der Waals surface area contributed by atoms with Gasteiger partial charge < -0.3 is 10.4 Å². The second-order valence-electron chi connectivity index (χ2n) is 3.32. The van der Waals surface area contributed by atoms with Crippen LogP contribution in [-0.4, -0.2) is 5.78 Å². The second kappa shape index (κ2) is 3.18. The Kier molecular flexibility index (Phi) is 2.00. The maximum absolute atomic E-state index is 11.3. The normalized spacial score (nSPS) is 20.6. The number of allylic oxidation sites excluding steroid dienone is 2. The van der Waals surface area contributed by atoms with E-state index in [-0.39, 0.29) is 17.2 Å². The number of hydrogen-bond donors (Lipinski definition) is 1. The molecule has 1 unspecified atom stereocenters. The number of carbonyl (C=O) groups is 1. The molecule has 14 heavy (non-hydrogen) atoms. The number of nitrogens with one attached hydrogen (secondary N) is 1. The predicted octanol–water partition coefficient (Wildman–Crippen LogP) is 0.889. The van der Waals surface area contributed by atoms with Gasteiger partial charge in [-0.2, -0.15) is 0 Å². The molecule has 1 atom stereocenters. The molecule has 3 nitrogen and oxygen atoms in total. The molecule has 0 saturated carbocycles. The number of para-hydroxylation sites is 1. The van der Waals surface area contributed by atoms with Crippen LogP contribution in [0.2, 0.25) is 0 Å². The van der Waals surface area contributed by atoms with Gasteiger partial charge in [0.15, 0.2) is 5.78 Å². The largest absolute Gasteiger partial charge is 0.873 e. The van der Waals surface area contributed by atoms with Crippen molar-refractivity contribution in [3.8, 4) is 0 Å². The van der Waals surface area contributed by atoms with E-state index in [0.717, 1.165) is 5.69 Å². The van der Waals surface area contributed by atoms with Crippen LogP contribution in [0, 0.1) is 5.92 Å². The first-order chi connectivity index (χ1) is 6.70. The Morgan fingerprint density at radius 3 is 2.50 bits per heavy atom. The molecule has 0 heterocycles. The van der Waals surface area contributed by atoms with Gasteiger partial charge in [-0.05, 0) is 12.1 Å². The maximum Gasteiger partial charge on any atom is 0.184 e. The molecule has 0 aliphatic heterocycles. The van der Waals surface area contributed by atoms with Crippen LogP contribution in [-0.2, 0) is 4.79 Å². The number of anilines is 1. The Balaban J connectivity index is 2.18. The first-order valence-corrected chi connectivity index (χ1v) is 4.47. The average molecular weight is 188 g/mol. The smallest absolute Gasteiger partial charge is 0.184 e. The fourth-order valence-electron chi connectivity index (χ4n) is 1.38. The summed E-state index contributed by atoms with van der Waals surface area (Å²) in [6.45, 7) is 1.63. The number of ketones is 1. The summed E-state index contributed by atoms with van der Waals surface area (Å²) < 4.78 is 0. The minimum absolute atomic E-state index is 0.0983. The van der Waals surface area contributed by atoms with E-state index in [1.807, 2.05) is 30.3 Å². The maximum atomic E-state index is 11.3. The van der Waals surface area contributed by atoms with Crippen molar-refractivity contribution in [3.63, 3.8) is 0 Å². The summed E-state index contributed by atoms with van der Waals surface area (Å²) in [4.78, 5) is 11.3. The molecule has 0 spiro atoms. The molecule has 0 bridgehead atoms. The predicted molar refractivity (Wildman–Crippen MR) is 51.3 cm³/mol. The molecule has 1 aromatic rings. The van der Waals surface area contributed by atoms with Crippen LogP contribution in [0.3, 0.4) is 0 Å². The highest BCUT2D eigenvalue weighted by Crippen LogP contribution is 2.27. The van der Waals surface area contributed by atoms with Gasteiger partial charge in [0.2, 0.25) is 0 Å². The van der Waals surface area contributed by atoms with Crippen molar-refractivity contribution in [2.24, 2.45) is 5.92 Å². The molecule has 0 aromatic heterocycles. The summed E-state index contributed by atoms with van der Waals surface area (Å²) in [7, 11) is 0. The van der Waals surface area contributed by atoms with Gasteiger partial charge in [-0.1, -0.05) is 30.9 Å². The fraction of sp³-hybridized carbons (Fsp3) is 0.182. The zero-order valence-corrected chi connectivity index (χ0v) is 7.78. The van der Waals surface area contributed by atoms with Gasteiger partial charge in [0.1, 0.15) is 0 Å². The van der Waals surface area contributed by atoms with E-state index in [2.05, 4.69) is 5.32 Å². The Labute approximate surface area is 82.1 Å². The molecule has 0 radical (unpaired) electrons. The zero-order chi connectivity index (χ0) is 10.1. The van der Waals surface area contributed by atoms with E-state index in [1.165, 1.54) is 0 Å². The molecule has 0 fully saturated rings. The summed E-state index contributed by atoms with van der Waals surface area (Å²) in [5.41, 5.74) is 0.986. The van der Waals surface area contributed by atoms with Crippen LogP contribution in [0.25, 0.3) is 0 Å². The van der Waals surface area contributed by atoms with Crippen molar-refractivity contribution in [1.29, 1.82) is 0 Å². The number of benzene rings is 1. The Morgan fingerprint density at radius 2 is 1.93 bits per heavy atom. The molecule has 1 aliphatic carbocycles. The van der Waals surface area contributed by atoms with Crippen molar-refractivity contribution in [2.45, 2.75) is 6.92 Å². The number of rotatable bonds is 2. The summed E-state index contributed by atoms with van der Waals surface area (Å²) in [6, 6.07) is 9.20. The Hall–Kier alpha value is -1.77. The van der Waals surface area contributed by atoms with E-state index in [1.54, 1.807) is 6.92 Å². The van der Waals surface area contributed by atoms with Crippen LogP contribution < -0.4 is 10.4 Å². The molecule has 0 amide bonds. The Morgan fingerprint density at radius 1 is 1.29 bits per heavy atom. The summed E-state index contributed by atoms with van der Waals surface area (Å²) >= 11 is 0. The summed E-state index contributed by atoms with van der Waals surface area (Å²) in [5, 5.41) is 14.1. The van der Waals surface area contributed by atoms with Gasteiger partial charge in [0.05, 0.1) is 5.70 Å². The number of hydrogen-bond acceptors (Lipinski definition) is 3. The minimum Gasteiger partial charge on any atom is -0.873 e. The highest BCUT2D eigenvalue weighted by molar-refractivity contribution is 6.07.